The number of aromatic nitrogens is 3. The number of pyridine rings is 1. The number of rotatable bonds is 2. The topological polar surface area (TPSA) is 67.5 Å². The second-order valence-electron chi connectivity index (χ2n) is 4.25. The standard InChI is InChI=1S/C14H11N3O2/c1-9-5-4-8-17-13(9)15-12(16-17)10-6-2-3-7-11(10)14(18)19/h2-8H,1H3,(H,18,19). The molecule has 0 radical (unpaired) electrons. The highest BCUT2D eigenvalue weighted by molar-refractivity contribution is 5.95. The first-order chi connectivity index (χ1) is 9.16. The normalized spacial score (nSPS) is 10.8. The van der Waals surface area contributed by atoms with E-state index in [1.807, 2.05) is 19.1 Å². The van der Waals surface area contributed by atoms with Gasteiger partial charge < -0.3 is 5.11 Å². The molecule has 5 nitrogen and oxygen atoms in total. The molecule has 0 aliphatic carbocycles. The average Bonchev–Trinajstić information content (AvgIpc) is 2.84. The second kappa shape index (κ2) is 4.20. The number of carboxylic acids is 1. The lowest BCUT2D eigenvalue weighted by Crippen LogP contribution is -1.99. The van der Waals surface area contributed by atoms with Crippen molar-refractivity contribution in [3.63, 3.8) is 0 Å². The van der Waals surface area contributed by atoms with Crippen LogP contribution in [0.15, 0.2) is 42.6 Å². The Labute approximate surface area is 109 Å². The highest BCUT2D eigenvalue weighted by Crippen LogP contribution is 2.21. The van der Waals surface area contributed by atoms with Gasteiger partial charge in [-0.05, 0) is 24.6 Å². The minimum atomic E-state index is -0.980. The molecule has 2 heterocycles. The van der Waals surface area contributed by atoms with Crippen molar-refractivity contribution in [2.24, 2.45) is 0 Å². The van der Waals surface area contributed by atoms with Gasteiger partial charge in [0.05, 0.1) is 5.56 Å². The van der Waals surface area contributed by atoms with Gasteiger partial charge in [-0.2, -0.15) is 0 Å². The molecule has 0 aliphatic rings. The van der Waals surface area contributed by atoms with Crippen LogP contribution in [0.2, 0.25) is 0 Å². The molecule has 0 atom stereocenters. The third-order valence-electron chi connectivity index (χ3n) is 2.96. The van der Waals surface area contributed by atoms with Crippen LogP contribution in [0.4, 0.5) is 0 Å². The third-order valence-corrected chi connectivity index (χ3v) is 2.96. The van der Waals surface area contributed by atoms with Crippen LogP contribution in [0.5, 0.6) is 0 Å². The number of nitrogens with zero attached hydrogens (tertiary/aromatic N) is 3. The maximum atomic E-state index is 11.2. The molecule has 0 saturated heterocycles. The molecule has 0 aliphatic heterocycles. The first-order valence-corrected chi connectivity index (χ1v) is 5.81. The van der Waals surface area contributed by atoms with Gasteiger partial charge in [-0.25, -0.2) is 14.3 Å². The number of aryl methyl sites for hydroxylation is 1. The Hall–Kier alpha value is -2.69. The SMILES string of the molecule is Cc1cccn2nc(-c3ccccc3C(=O)O)nc12. The van der Waals surface area contributed by atoms with Crippen LogP contribution in [-0.2, 0) is 0 Å². The number of fused-ring (bicyclic) bond motifs is 1. The van der Waals surface area contributed by atoms with Crippen LogP contribution in [0.1, 0.15) is 15.9 Å². The first-order valence-electron chi connectivity index (χ1n) is 5.81. The molecule has 1 N–H and O–H groups in total. The monoisotopic (exact) mass is 253 g/mol. The molecule has 2 aromatic heterocycles. The summed E-state index contributed by atoms with van der Waals surface area (Å²) in [4.78, 5) is 15.6. The molecular weight excluding hydrogens is 242 g/mol. The van der Waals surface area contributed by atoms with Crippen LogP contribution in [0, 0.1) is 6.92 Å². The van der Waals surface area contributed by atoms with Crippen molar-refractivity contribution in [2.75, 3.05) is 0 Å². The zero-order chi connectivity index (χ0) is 13.4. The predicted molar refractivity (Wildman–Crippen MR) is 70.1 cm³/mol. The van der Waals surface area contributed by atoms with Crippen LogP contribution in [-0.4, -0.2) is 25.7 Å². The molecule has 1 aromatic carbocycles. The van der Waals surface area contributed by atoms with E-state index in [9.17, 15) is 9.90 Å². The molecule has 0 fully saturated rings. The quantitative estimate of drug-likeness (QED) is 0.761. The lowest BCUT2D eigenvalue weighted by atomic mass is 10.1. The summed E-state index contributed by atoms with van der Waals surface area (Å²) in [6, 6.07) is 10.6. The van der Waals surface area contributed by atoms with Gasteiger partial charge in [-0.1, -0.05) is 24.3 Å². The molecule has 3 aromatic rings. The van der Waals surface area contributed by atoms with Gasteiger partial charge in [0.25, 0.3) is 0 Å². The van der Waals surface area contributed by atoms with Crippen molar-refractivity contribution in [2.45, 2.75) is 6.92 Å². The Bertz CT molecular complexity index is 777. The zero-order valence-electron chi connectivity index (χ0n) is 10.2. The largest absolute Gasteiger partial charge is 0.478 e. The molecule has 19 heavy (non-hydrogen) atoms. The first kappa shape index (κ1) is 11.4. The van der Waals surface area contributed by atoms with Crippen LogP contribution >= 0.6 is 0 Å². The number of hydrogen-bond acceptors (Lipinski definition) is 3. The number of aromatic carboxylic acids is 1. The lowest BCUT2D eigenvalue weighted by Gasteiger charge is -2.00. The van der Waals surface area contributed by atoms with Crippen molar-refractivity contribution < 1.29 is 9.90 Å². The summed E-state index contributed by atoms with van der Waals surface area (Å²) in [6.07, 6.45) is 1.79. The Balaban J connectivity index is 2.25. The highest BCUT2D eigenvalue weighted by atomic mass is 16.4. The summed E-state index contributed by atoms with van der Waals surface area (Å²) in [5.41, 5.74) is 2.46. The van der Waals surface area contributed by atoms with Gasteiger partial charge in [-0.3, -0.25) is 0 Å². The van der Waals surface area contributed by atoms with E-state index in [1.54, 1.807) is 35.0 Å². The Morgan fingerprint density at radius 3 is 2.74 bits per heavy atom. The summed E-state index contributed by atoms with van der Waals surface area (Å²) in [5.74, 6) is -0.557. The summed E-state index contributed by atoms with van der Waals surface area (Å²) >= 11 is 0. The number of benzene rings is 1. The molecule has 3 rings (SSSR count). The number of carbonyl (C=O) groups is 1. The van der Waals surface area contributed by atoms with E-state index in [-0.39, 0.29) is 5.56 Å². The maximum Gasteiger partial charge on any atom is 0.336 e. The molecule has 94 valence electrons. The molecule has 0 saturated carbocycles. The van der Waals surface area contributed by atoms with Crippen LogP contribution in [0.25, 0.3) is 17.0 Å². The highest BCUT2D eigenvalue weighted by Gasteiger charge is 2.15. The Morgan fingerprint density at radius 2 is 2.00 bits per heavy atom. The number of hydrogen-bond donors (Lipinski definition) is 1. The predicted octanol–water partition coefficient (Wildman–Crippen LogP) is 2.40. The summed E-state index contributed by atoms with van der Waals surface area (Å²) < 4.78 is 1.66. The van der Waals surface area contributed by atoms with E-state index >= 15 is 0 Å². The minimum absolute atomic E-state index is 0.205. The van der Waals surface area contributed by atoms with E-state index in [1.165, 1.54) is 0 Å². The van der Waals surface area contributed by atoms with E-state index in [0.717, 1.165) is 11.2 Å². The van der Waals surface area contributed by atoms with Gasteiger partial charge in [0.15, 0.2) is 11.5 Å². The summed E-state index contributed by atoms with van der Waals surface area (Å²) in [7, 11) is 0. The maximum absolute atomic E-state index is 11.2. The molecular formula is C14H11N3O2. The van der Waals surface area contributed by atoms with Gasteiger partial charge in [0, 0.05) is 11.8 Å². The number of carboxylic acid groups (broad SMARTS) is 1. The Morgan fingerprint density at radius 1 is 1.21 bits per heavy atom. The third kappa shape index (κ3) is 1.85. The lowest BCUT2D eigenvalue weighted by molar-refractivity contribution is 0.0697. The fourth-order valence-corrected chi connectivity index (χ4v) is 2.02. The molecule has 0 unspecified atom stereocenters. The van der Waals surface area contributed by atoms with Gasteiger partial charge in [-0.15, -0.1) is 5.10 Å². The van der Waals surface area contributed by atoms with Crippen molar-refractivity contribution >= 4 is 11.6 Å². The van der Waals surface area contributed by atoms with E-state index in [4.69, 9.17) is 0 Å². The minimum Gasteiger partial charge on any atom is -0.478 e. The van der Waals surface area contributed by atoms with Crippen LogP contribution < -0.4 is 0 Å². The van der Waals surface area contributed by atoms with Gasteiger partial charge in [0.1, 0.15) is 0 Å². The van der Waals surface area contributed by atoms with Crippen LogP contribution in [0.3, 0.4) is 0 Å². The Kier molecular flexibility index (Phi) is 2.52. The second-order valence-corrected chi connectivity index (χ2v) is 4.25. The summed E-state index contributed by atoms with van der Waals surface area (Å²) in [6.45, 7) is 1.94. The van der Waals surface area contributed by atoms with E-state index in [0.29, 0.717) is 11.4 Å². The van der Waals surface area contributed by atoms with Crippen molar-refractivity contribution in [3.8, 4) is 11.4 Å². The van der Waals surface area contributed by atoms with Crippen molar-refractivity contribution in [1.82, 2.24) is 14.6 Å². The zero-order valence-corrected chi connectivity index (χ0v) is 10.2. The van der Waals surface area contributed by atoms with E-state index in [2.05, 4.69) is 10.1 Å². The van der Waals surface area contributed by atoms with Crippen molar-refractivity contribution in [1.29, 1.82) is 0 Å². The average molecular weight is 253 g/mol. The fraction of sp³-hybridized carbons (Fsp3) is 0.0714. The smallest absolute Gasteiger partial charge is 0.336 e. The van der Waals surface area contributed by atoms with Gasteiger partial charge in [0.2, 0.25) is 0 Å². The van der Waals surface area contributed by atoms with Gasteiger partial charge >= 0.3 is 5.97 Å². The fourth-order valence-electron chi connectivity index (χ4n) is 2.02. The molecule has 0 bridgehead atoms. The van der Waals surface area contributed by atoms with E-state index < -0.39 is 5.97 Å². The molecule has 0 spiro atoms. The summed E-state index contributed by atoms with van der Waals surface area (Å²) in [5, 5.41) is 13.5. The molecule has 5 heteroatoms. The molecule has 0 amide bonds. The van der Waals surface area contributed by atoms with Crippen molar-refractivity contribution in [3.05, 3.63) is 53.7 Å².